The first-order valence-corrected chi connectivity index (χ1v) is 16.0. The van der Waals surface area contributed by atoms with E-state index in [0.717, 1.165) is 53.0 Å². The van der Waals surface area contributed by atoms with E-state index < -0.39 is 29.7 Å². The van der Waals surface area contributed by atoms with Gasteiger partial charge >= 0.3 is 12.4 Å². The Balaban J connectivity index is 1.26. The average molecular weight is 650 g/mol. The summed E-state index contributed by atoms with van der Waals surface area (Å²) < 4.78 is 81.2. The van der Waals surface area contributed by atoms with Gasteiger partial charge in [0.1, 0.15) is 6.23 Å². The summed E-state index contributed by atoms with van der Waals surface area (Å²) in [7, 11) is 0. The highest BCUT2D eigenvalue weighted by Crippen LogP contribution is 2.43. The molecule has 0 bridgehead atoms. The first kappa shape index (κ1) is 33.4. The van der Waals surface area contributed by atoms with Crippen LogP contribution in [0, 0.1) is 0 Å². The number of nitrogens with zero attached hydrogens (tertiary/aromatic N) is 2. The third kappa shape index (κ3) is 9.06. The zero-order valence-corrected chi connectivity index (χ0v) is 25.6. The minimum absolute atomic E-state index is 0.192. The van der Waals surface area contributed by atoms with Crippen LogP contribution >= 0.6 is 11.8 Å². The predicted octanol–water partition coefficient (Wildman–Crippen LogP) is 8.72. The van der Waals surface area contributed by atoms with Gasteiger partial charge in [-0.2, -0.15) is 26.3 Å². The number of anilines is 1. The summed E-state index contributed by atoms with van der Waals surface area (Å²) in [5.41, 5.74) is -0.535. The molecule has 242 valence electrons. The SMILES string of the molecule is OC(NCCCN1CCCCCC1)c1ccc(C=C2CN(Cc3ccc(C(F)(F)F)cc3C(F)(F)F)c3ccccc3S2)cc1. The normalized spacial score (nSPS) is 18.1. The van der Waals surface area contributed by atoms with Crippen molar-refractivity contribution in [3.63, 3.8) is 0 Å². The lowest BCUT2D eigenvalue weighted by Crippen LogP contribution is -2.29. The maximum atomic E-state index is 13.9. The summed E-state index contributed by atoms with van der Waals surface area (Å²) in [6, 6.07) is 16.6. The Bertz CT molecular complexity index is 1450. The summed E-state index contributed by atoms with van der Waals surface area (Å²) in [5.74, 6) is 0. The lowest BCUT2D eigenvalue weighted by molar-refractivity contribution is -0.143. The minimum Gasteiger partial charge on any atom is -0.374 e. The van der Waals surface area contributed by atoms with Crippen molar-refractivity contribution in [2.75, 3.05) is 37.6 Å². The molecule has 1 saturated heterocycles. The van der Waals surface area contributed by atoms with E-state index in [1.807, 2.05) is 42.5 Å². The number of rotatable bonds is 9. The van der Waals surface area contributed by atoms with E-state index in [0.29, 0.717) is 18.3 Å². The van der Waals surface area contributed by atoms with E-state index in [2.05, 4.69) is 10.2 Å². The third-order valence-electron chi connectivity index (χ3n) is 8.16. The number of hydrogen-bond donors (Lipinski definition) is 2. The highest BCUT2D eigenvalue weighted by molar-refractivity contribution is 8.03. The summed E-state index contributed by atoms with van der Waals surface area (Å²) in [5, 5.41) is 13.8. The van der Waals surface area contributed by atoms with Gasteiger partial charge in [-0.1, -0.05) is 67.1 Å². The smallest absolute Gasteiger partial charge is 0.374 e. The molecule has 3 aromatic carbocycles. The summed E-state index contributed by atoms with van der Waals surface area (Å²) in [4.78, 5) is 5.95. The summed E-state index contributed by atoms with van der Waals surface area (Å²) in [6.07, 6.45) is -2.62. The molecule has 4 nitrogen and oxygen atoms in total. The second-order valence-electron chi connectivity index (χ2n) is 11.5. The molecule has 3 aromatic rings. The molecule has 1 atom stereocenters. The minimum atomic E-state index is -4.94. The molecule has 0 amide bonds. The van der Waals surface area contributed by atoms with E-state index in [9.17, 15) is 31.4 Å². The first-order valence-electron chi connectivity index (χ1n) is 15.2. The molecule has 1 unspecified atom stereocenters. The van der Waals surface area contributed by atoms with Gasteiger partial charge in [0.2, 0.25) is 0 Å². The zero-order chi connectivity index (χ0) is 32.0. The Morgan fingerprint density at radius 3 is 2.27 bits per heavy atom. The number of thioether (sulfide) groups is 1. The average Bonchev–Trinajstić information content (AvgIpc) is 3.28. The zero-order valence-electron chi connectivity index (χ0n) is 24.8. The molecule has 0 aliphatic carbocycles. The molecule has 11 heteroatoms. The molecule has 1 fully saturated rings. The van der Waals surface area contributed by atoms with Gasteiger partial charge in [-0.3, -0.25) is 5.32 Å². The molecule has 0 aromatic heterocycles. The van der Waals surface area contributed by atoms with E-state index in [1.165, 1.54) is 37.4 Å². The number of nitrogens with one attached hydrogen (secondary N) is 1. The number of alkyl halides is 6. The van der Waals surface area contributed by atoms with E-state index in [1.54, 1.807) is 17.0 Å². The molecule has 2 N–H and O–H groups in total. The van der Waals surface area contributed by atoms with E-state index in [-0.39, 0.29) is 24.7 Å². The fourth-order valence-corrected chi connectivity index (χ4v) is 6.95. The molecular formula is C34H37F6N3OS. The fraction of sp³-hybridized carbons (Fsp3) is 0.412. The second-order valence-corrected chi connectivity index (χ2v) is 12.7. The molecule has 2 aliphatic rings. The van der Waals surface area contributed by atoms with Gasteiger partial charge in [0.15, 0.2) is 0 Å². The Labute approximate surface area is 264 Å². The van der Waals surface area contributed by atoms with Crippen LogP contribution in [0.1, 0.15) is 66.1 Å². The Morgan fingerprint density at radius 2 is 1.58 bits per heavy atom. The van der Waals surface area contributed by atoms with Crippen molar-refractivity contribution in [1.29, 1.82) is 0 Å². The van der Waals surface area contributed by atoms with Crippen molar-refractivity contribution in [3.8, 4) is 0 Å². The number of halogens is 6. The van der Waals surface area contributed by atoms with Crippen molar-refractivity contribution in [1.82, 2.24) is 10.2 Å². The summed E-state index contributed by atoms with van der Waals surface area (Å²) in [6.45, 7) is 4.07. The van der Waals surface area contributed by atoms with E-state index >= 15 is 0 Å². The number of fused-ring (bicyclic) bond motifs is 1. The first-order chi connectivity index (χ1) is 21.5. The Morgan fingerprint density at radius 1 is 0.867 bits per heavy atom. The van der Waals surface area contributed by atoms with E-state index in [4.69, 9.17) is 0 Å². The molecule has 2 aliphatic heterocycles. The van der Waals surface area contributed by atoms with Crippen molar-refractivity contribution in [2.45, 2.75) is 62.1 Å². The lowest BCUT2D eigenvalue weighted by atomic mass is 10.0. The van der Waals surface area contributed by atoms with Gasteiger partial charge in [-0.05, 0) is 92.5 Å². The summed E-state index contributed by atoms with van der Waals surface area (Å²) >= 11 is 1.50. The quantitative estimate of drug-likeness (QED) is 0.138. The van der Waals surface area contributed by atoms with Crippen molar-refractivity contribution < 1.29 is 31.4 Å². The van der Waals surface area contributed by atoms with Crippen LogP contribution in [0.5, 0.6) is 0 Å². The maximum absolute atomic E-state index is 13.9. The molecular weight excluding hydrogens is 612 g/mol. The van der Waals surface area contributed by atoms with Crippen LogP contribution in [0.25, 0.3) is 6.08 Å². The predicted molar refractivity (Wildman–Crippen MR) is 167 cm³/mol. The largest absolute Gasteiger partial charge is 0.416 e. The topological polar surface area (TPSA) is 38.7 Å². The molecule has 0 saturated carbocycles. The molecule has 5 rings (SSSR count). The maximum Gasteiger partial charge on any atom is 0.416 e. The molecule has 0 spiro atoms. The number of aliphatic hydroxyl groups excluding tert-OH is 1. The van der Waals surface area contributed by atoms with Crippen LogP contribution in [0.4, 0.5) is 32.0 Å². The number of hydrogen-bond acceptors (Lipinski definition) is 5. The Kier molecular flexibility index (Phi) is 10.8. The monoisotopic (exact) mass is 649 g/mol. The van der Waals surface area contributed by atoms with Gasteiger partial charge in [0, 0.05) is 22.9 Å². The Hall–Kier alpha value is -2.99. The highest BCUT2D eigenvalue weighted by Gasteiger charge is 2.38. The lowest BCUT2D eigenvalue weighted by Gasteiger charge is -2.33. The van der Waals surface area contributed by atoms with Crippen LogP contribution in [0.15, 0.2) is 76.5 Å². The van der Waals surface area contributed by atoms with Crippen molar-refractivity contribution >= 4 is 23.5 Å². The van der Waals surface area contributed by atoms with Crippen molar-refractivity contribution in [3.05, 3.63) is 99.5 Å². The second kappa shape index (κ2) is 14.6. The number of benzene rings is 3. The van der Waals surface area contributed by atoms with Crippen LogP contribution in [0.2, 0.25) is 0 Å². The number of para-hydroxylation sites is 1. The molecule has 2 heterocycles. The molecule has 0 radical (unpaired) electrons. The van der Waals surface area contributed by atoms with Crippen molar-refractivity contribution in [2.24, 2.45) is 0 Å². The van der Waals surface area contributed by atoms with Crippen LogP contribution in [-0.4, -0.2) is 42.7 Å². The highest BCUT2D eigenvalue weighted by atomic mass is 32.2. The van der Waals surface area contributed by atoms with Gasteiger partial charge in [-0.25, -0.2) is 0 Å². The molecule has 45 heavy (non-hydrogen) atoms. The number of aliphatic hydroxyl groups is 1. The standard InChI is InChI=1S/C34H37F6N3OS/c35-33(36,37)27-15-14-26(29(21-27)34(38,39)40)22-43-23-28(45-31-9-4-3-8-30(31)43)20-24-10-12-25(13-11-24)32(44)41-16-7-19-42-17-5-1-2-6-18-42/h3-4,8-15,20-21,32,41,44H,1-2,5-7,16-19,22-23H2. The van der Waals surface area contributed by atoms with Gasteiger partial charge in [0.25, 0.3) is 0 Å². The van der Waals surface area contributed by atoms with Gasteiger partial charge in [0.05, 0.1) is 16.8 Å². The van der Waals surface area contributed by atoms with Crippen LogP contribution < -0.4 is 10.2 Å². The van der Waals surface area contributed by atoms with Crippen LogP contribution in [0.3, 0.4) is 0 Å². The number of likely N-dealkylation sites (tertiary alicyclic amines) is 1. The third-order valence-corrected chi connectivity index (χ3v) is 9.24. The van der Waals surface area contributed by atoms with Crippen LogP contribution in [-0.2, 0) is 18.9 Å². The van der Waals surface area contributed by atoms with Gasteiger partial charge in [-0.15, -0.1) is 0 Å². The van der Waals surface area contributed by atoms with Gasteiger partial charge < -0.3 is 14.9 Å². The fourth-order valence-electron chi connectivity index (χ4n) is 5.81.